The van der Waals surface area contributed by atoms with Crippen molar-refractivity contribution in [2.75, 3.05) is 6.61 Å². The number of carbonyl (C=O) groups is 2. The van der Waals surface area contributed by atoms with Crippen molar-refractivity contribution in [1.82, 2.24) is 5.32 Å². The van der Waals surface area contributed by atoms with Crippen LogP contribution in [-0.4, -0.2) is 29.6 Å². The van der Waals surface area contributed by atoms with Crippen molar-refractivity contribution in [3.05, 3.63) is 35.4 Å². The monoisotopic (exact) mass is 250 g/mol. The maximum atomic E-state index is 11.9. The second kappa shape index (κ2) is 6.16. The molecule has 1 rings (SSSR count). The summed E-state index contributed by atoms with van der Waals surface area (Å²) in [6.07, 6.45) is 0. The van der Waals surface area contributed by atoms with Crippen molar-refractivity contribution in [3.8, 4) is 0 Å². The van der Waals surface area contributed by atoms with Crippen LogP contribution in [0.3, 0.4) is 0 Å². The Morgan fingerprint density at radius 2 is 1.72 bits per heavy atom. The Balaban J connectivity index is 2.75. The van der Waals surface area contributed by atoms with Crippen LogP contribution in [0.5, 0.6) is 0 Å². The van der Waals surface area contributed by atoms with Gasteiger partial charge in [-0.15, -0.1) is 0 Å². The van der Waals surface area contributed by atoms with Gasteiger partial charge in [0.1, 0.15) is 0 Å². The average molecular weight is 250 g/mol. The lowest BCUT2D eigenvalue weighted by Gasteiger charge is -2.19. The molecule has 5 nitrogen and oxygen atoms in total. The lowest BCUT2D eigenvalue weighted by molar-refractivity contribution is 0.0895. The van der Waals surface area contributed by atoms with Crippen molar-refractivity contribution in [2.24, 2.45) is 11.7 Å². The van der Waals surface area contributed by atoms with Gasteiger partial charge in [-0.25, -0.2) is 0 Å². The highest BCUT2D eigenvalue weighted by Crippen LogP contribution is 2.06. The molecule has 0 heterocycles. The highest BCUT2D eigenvalue weighted by Gasteiger charge is 2.16. The Labute approximate surface area is 106 Å². The number of primary amides is 1. The van der Waals surface area contributed by atoms with Gasteiger partial charge in [0, 0.05) is 11.1 Å². The molecular weight excluding hydrogens is 232 g/mol. The lowest BCUT2D eigenvalue weighted by Crippen LogP contribution is -2.41. The third-order valence-corrected chi connectivity index (χ3v) is 2.75. The highest BCUT2D eigenvalue weighted by atomic mass is 16.3. The second-order valence-corrected chi connectivity index (χ2v) is 4.45. The third-order valence-electron chi connectivity index (χ3n) is 2.75. The van der Waals surface area contributed by atoms with Gasteiger partial charge in [0.15, 0.2) is 0 Å². The topological polar surface area (TPSA) is 92.4 Å². The number of rotatable bonds is 5. The highest BCUT2D eigenvalue weighted by molar-refractivity contribution is 5.97. The second-order valence-electron chi connectivity index (χ2n) is 4.45. The zero-order chi connectivity index (χ0) is 13.7. The number of nitrogens with one attached hydrogen (secondary N) is 1. The molecule has 0 saturated heterocycles. The van der Waals surface area contributed by atoms with Crippen LogP contribution in [0.15, 0.2) is 24.3 Å². The summed E-state index contributed by atoms with van der Waals surface area (Å²) in [6.45, 7) is 3.72. The normalized spacial score (nSPS) is 12.2. The van der Waals surface area contributed by atoms with E-state index in [1.54, 1.807) is 0 Å². The molecule has 0 saturated carbocycles. The quantitative estimate of drug-likeness (QED) is 0.711. The Hall–Kier alpha value is -1.88. The van der Waals surface area contributed by atoms with Crippen molar-refractivity contribution >= 4 is 11.8 Å². The molecule has 4 N–H and O–H groups in total. The minimum absolute atomic E-state index is 0.108. The van der Waals surface area contributed by atoms with Gasteiger partial charge >= 0.3 is 0 Å². The van der Waals surface area contributed by atoms with E-state index in [0.29, 0.717) is 11.1 Å². The summed E-state index contributed by atoms with van der Waals surface area (Å²) in [7, 11) is 0. The Kier molecular flexibility index (Phi) is 4.85. The molecule has 0 aromatic heterocycles. The molecule has 98 valence electrons. The summed E-state index contributed by atoms with van der Waals surface area (Å²) in [6, 6.07) is 5.78. The number of nitrogens with two attached hydrogens (primary N) is 1. The summed E-state index contributed by atoms with van der Waals surface area (Å²) in [5.41, 5.74) is 5.89. The molecular formula is C13H18N2O3. The van der Waals surface area contributed by atoms with E-state index < -0.39 is 5.91 Å². The van der Waals surface area contributed by atoms with Crippen LogP contribution in [0.2, 0.25) is 0 Å². The first-order valence-corrected chi connectivity index (χ1v) is 5.77. The Morgan fingerprint density at radius 1 is 1.22 bits per heavy atom. The van der Waals surface area contributed by atoms with Crippen LogP contribution in [-0.2, 0) is 0 Å². The maximum Gasteiger partial charge on any atom is 0.251 e. The van der Waals surface area contributed by atoms with E-state index >= 15 is 0 Å². The van der Waals surface area contributed by atoms with E-state index in [2.05, 4.69) is 5.32 Å². The van der Waals surface area contributed by atoms with E-state index in [-0.39, 0.29) is 24.5 Å². The first kappa shape index (κ1) is 14.2. The first-order valence-electron chi connectivity index (χ1n) is 5.77. The fourth-order valence-electron chi connectivity index (χ4n) is 1.46. The van der Waals surface area contributed by atoms with Gasteiger partial charge in [-0.2, -0.15) is 0 Å². The lowest BCUT2D eigenvalue weighted by atomic mass is 10.0. The van der Waals surface area contributed by atoms with Gasteiger partial charge in [-0.1, -0.05) is 13.8 Å². The number of benzene rings is 1. The van der Waals surface area contributed by atoms with E-state index in [4.69, 9.17) is 10.8 Å². The Morgan fingerprint density at radius 3 is 2.11 bits per heavy atom. The molecule has 0 radical (unpaired) electrons. The smallest absolute Gasteiger partial charge is 0.251 e. The van der Waals surface area contributed by atoms with E-state index in [1.165, 1.54) is 24.3 Å². The number of carbonyl (C=O) groups excluding carboxylic acids is 2. The maximum absolute atomic E-state index is 11.9. The molecule has 0 aliphatic heterocycles. The molecule has 2 amide bonds. The van der Waals surface area contributed by atoms with Gasteiger partial charge in [-0.3, -0.25) is 9.59 Å². The predicted octanol–water partition coefficient (Wildman–Crippen LogP) is 0.532. The molecule has 5 heteroatoms. The van der Waals surface area contributed by atoms with E-state index in [9.17, 15) is 9.59 Å². The largest absolute Gasteiger partial charge is 0.394 e. The molecule has 0 aliphatic carbocycles. The van der Waals surface area contributed by atoms with Gasteiger partial charge < -0.3 is 16.2 Å². The molecule has 0 unspecified atom stereocenters. The molecule has 1 aromatic rings. The first-order chi connectivity index (χ1) is 8.45. The zero-order valence-electron chi connectivity index (χ0n) is 10.5. The van der Waals surface area contributed by atoms with Crippen LogP contribution in [0.1, 0.15) is 34.6 Å². The van der Waals surface area contributed by atoms with Crippen LogP contribution >= 0.6 is 0 Å². The van der Waals surface area contributed by atoms with Crippen LogP contribution < -0.4 is 11.1 Å². The van der Waals surface area contributed by atoms with Crippen molar-refractivity contribution < 1.29 is 14.7 Å². The van der Waals surface area contributed by atoms with Gasteiger partial charge in [-0.05, 0) is 30.2 Å². The van der Waals surface area contributed by atoms with E-state index in [1.807, 2.05) is 13.8 Å². The molecule has 18 heavy (non-hydrogen) atoms. The number of aliphatic hydroxyl groups excluding tert-OH is 1. The van der Waals surface area contributed by atoms with Crippen LogP contribution in [0.4, 0.5) is 0 Å². The summed E-state index contributed by atoms with van der Waals surface area (Å²) < 4.78 is 0. The standard InChI is InChI=1S/C13H18N2O3/c1-8(2)11(7-16)15-13(18)10-5-3-9(4-6-10)12(14)17/h3-6,8,11,16H,7H2,1-2H3,(H2,14,17)(H,15,18)/t11-/m1/s1. The van der Waals surface area contributed by atoms with Crippen molar-refractivity contribution in [2.45, 2.75) is 19.9 Å². The van der Waals surface area contributed by atoms with Crippen molar-refractivity contribution in [1.29, 1.82) is 0 Å². The van der Waals surface area contributed by atoms with Crippen LogP contribution in [0, 0.1) is 5.92 Å². The molecule has 1 aromatic carbocycles. The average Bonchev–Trinajstić information content (AvgIpc) is 2.35. The number of aliphatic hydroxyl groups is 1. The number of hydrogen-bond acceptors (Lipinski definition) is 3. The Bertz CT molecular complexity index is 426. The van der Waals surface area contributed by atoms with Gasteiger partial charge in [0.05, 0.1) is 12.6 Å². The molecule has 0 aliphatic rings. The number of hydrogen-bond donors (Lipinski definition) is 3. The van der Waals surface area contributed by atoms with Crippen molar-refractivity contribution in [3.63, 3.8) is 0 Å². The minimum Gasteiger partial charge on any atom is -0.394 e. The summed E-state index contributed by atoms with van der Waals surface area (Å²) in [5, 5.41) is 11.9. The summed E-state index contributed by atoms with van der Waals surface area (Å²) in [4.78, 5) is 22.7. The zero-order valence-corrected chi connectivity index (χ0v) is 10.5. The number of amides is 2. The fourth-order valence-corrected chi connectivity index (χ4v) is 1.46. The minimum atomic E-state index is -0.530. The molecule has 1 atom stereocenters. The molecule has 0 spiro atoms. The third kappa shape index (κ3) is 3.56. The van der Waals surface area contributed by atoms with Gasteiger partial charge in [0.2, 0.25) is 5.91 Å². The molecule has 0 fully saturated rings. The fraction of sp³-hybridized carbons (Fsp3) is 0.385. The summed E-state index contributed by atoms with van der Waals surface area (Å²) >= 11 is 0. The van der Waals surface area contributed by atoms with Gasteiger partial charge in [0.25, 0.3) is 5.91 Å². The molecule has 0 bridgehead atoms. The summed E-state index contributed by atoms with van der Waals surface area (Å²) in [5.74, 6) is -0.667. The van der Waals surface area contributed by atoms with E-state index in [0.717, 1.165) is 0 Å². The predicted molar refractivity (Wildman–Crippen MR) is 68.1 cm³/mol. The van der Waals surface area contributed by atoms with Crippen LogP contribution in [0.25, 0.3) is 0 Å². The SMILES string of the molecule is CC(C)[C@@H](CO)NC(=O)c1ccc(C(N)=O)cc1.